The molecule has 1 aliphatic rings. The number of nitrogens with one attached hydrogen (secondary N) is 1. The highest BCUT2D eigenvalue weighted by Crippen LogP contribution is 2.24. The maximum Gasteiger partial charge on any atom is 0.257 e. The Labute approximate surface area is 116 Å². The van der Waals surface area contributed by atoms with Crippen molar-refractivity contribution in [3.63, 3.8) is 0 Å². The molecule has 1 aromatic heterocycles. The van der Waals surface area contributed by atoms with Gasteiger partial charge in [-0.15, -0.1) is 0 Å². The Morgan fingerprint density at radius 3 is 2.95 bits per heavy atom. The van der Waals surface area contributed by atoms with Crippen molar-refractivity contribution in [2.24, 2.45) is 0 Å². The topological polar surface area (TPSA) is 62.3 Å². The average Bonchev–Trinajstić information content (AvgIpc) is 2.75. The minimum atomic E-state index is -0.239. The van der Waals surface area contributed by atoms with Crippen LogP contribution in [-0.4, -0.2) is 28.7 Å². The normalized spacial score (nSPS) is 13.2. The van der Waals surface area contributed by atoms with E-state index < -0.39 is 0 Å². The number of hydrogen-bond donors (Lipinski definition) is 1. The lowest BCUT2D eigenvalue weighted by Gasteiger charge is -2.06. The van der Waals surface area contributed by atoms with E-state index in [2.05, 4.69) is 10.3 Å². The third-order valence-corrected chi connectivity index (χ3v) is 3.28. The smallest absolute Gasteiger partial charge is 0.257 e. The van der Waals surface area contributed by atoms with Gasteiger partial charge in [0.15, 0.2) is 0 Å². The van der Waals surface area contributed by atoms with Crippen LogP contribution in [0.3, 0.4) is 0 Å². The van der Waals surface area contributed by atoms with Gasteiger partial charge >= 0.3 is 0 Å². The monoisotopic (exact) mass is 267 g/mol. The SMILES string of the molecule is CN1Cc2ccc(NC(=O)c3cccnc3)cc2C1=O. The van der Waals surface area contributed by atoms with E-state index in [1.807, 2.05) is 6.07 Å². The Balaban J connectivity index is 1.83. The van der Waals surface area contributed by atoms with Crippen molar-refractivity contribution >= 4 is 17.5 Å². The van der Waals surface area contributed by atoms with Crippen molar-refractivity contribution in [2.75, 3.05) is 12.4 Å². The average molecular weight is 267 g/mol. The fourth-order valence-corrected chi connectivity index (χ4v) is 2.22. The fraction of sp³-hybridized carbons (Fsp3) is 0.133. The molecule has 1 aromatic carbocycles. The number of carbonyl (C=O) groups excluding carboxylic acids is 2. The molecule has 2 aromatic rings. The summed E-state index contributed by atoms with van der Waals surface area (Å²) in [4.78, 5) is 29.5. The number of hydrogen-bond acceptors (Lipinski definition) is 3. The van der Waals surface area contributed by atoms with Gasteiger partial charge in [-0.1, -0.05) is 6.07 Å². The number of nitrogens with zero attached hydrogens (tertiary/aromatic N) is 2. The molecule has 100 valence electrons. The standard InChI is InChI=1S/C15H13N3O2/c1-18-9-11-4-5-12(7-13(11)15(18)20)17-14(19)10-3-2-6-16-8-10/h2-8H,9H2,1H3,(H,17,19). The first-order valence-corrected chi connectivity index (χ1v) is 6.25. The Bertz CT molecular complexity index is 683. The lowest BCUT2D eigenvalue weighted by atomic mass is 10.1. The maximum absolute atomic E-state index is 12.0. The number of benzene rings is 1. The Morgan fingerprint density at radius 1 is 1.35 bits per heavy atom. The highest BCUT2D eigenvalue weighted by molar-refractivity contribution is 6.05. The number of pyridine rings is 1. The molecule has 20 heavy (non-hydrogen) atoms. The number of fused-ring (bicyclic) bond motifs is 1. The molecule has 0 fully saturated rings. The zero-order chi connectivity index (χ0) is 14.1. The van der Waals surface area contributed by atoms with Crippen LogP contribution in [0.1, 0.15) is 26.3 Å². The first-order chi connectivity index (χ1) is 9.65. The fourth-order valence-electron chi connectivity index (χ4n) is 2.22. The van der Waals surface area contributed by atoms with Crippen molar-refractivity contribution in [3.8, 4) is 0 Å². The van der Waals surface area contributed by atoms with Gasteiger partial charge in [0.25, 0.3) is 11.8 Å². The van der Waals surface area contributed by atoms with Gasteiger partial charge in [0, 0.05) is 37.2 Å². The first kappa shape index (κ1) is 12.3. The van der Waals surface area contributed by atoms with E-state index in [1.54, 1.807) is 42.4 Å². The molecule has 0 unspecified atom stereocenters. The highest BCUT2D eigenvalue weighted by atomic mass is 16.2. The predicted molar refractivity (Wildman–Crippen MR) is 74.4 cm³/mol. The molecule has 0 aliphatic carbocycles. The summed E-state index contributed by atoms with van der Waals surface area (Å²) < 4.78 is 0. The van der Waals surface area contributed by atoms with Crippen LogP contribution in [0.4, 0.5) is 5.69 Å². The van der Waals surface area contributed by atoms with E-state index in [-0.39, 0.29) is 11.8 Å². The molecule has 0 saturated carbocycles. The quantitative estimate of drug-likeness (QED) is 0.904. The van der Waals surface area contributed by atoms with Crippen LogP contribution in [0.2, 0.25) is 0 Å². The molecule has 0 saturated heterocycles. The van der Waals surface area contributed by atoms with E-state index in [0.29, 0.717) is 23.4 Å². The maximum atomic E-state index is 12.0. The highest BCUT2D eigenvalue weighted by Gasteiger charge is 2.24. The Hall–Kier alpha value is -2.69. The lowest BCUT2D eigenvalue weighted by Crippen LogP contribution is -2.17. The summed E-state index contributed by atoms with van der Waals surface area (Å²) >= 11 is 0. The molecule has 0 radical (unpaired) electrons. The third kappa shape index (κ3) is 2.14. The molecule has 0 bridgehead atoms. The Morgan fingerprint density at radius 2 is 2.20 bits per heavy atom. The third-order valence-electron chi connectivity index (χ3n) is 3.28. The Kier molecular flexibility index (Phi) is 2.95. The molecule has 0 atom stereocenters. The van der Waals surface area contributed by atoms with Gasteiger partial charge in [0.2, 0.25) is 0 Å². The molecule has 3 rings (SSSR count). The van der Waals surface area contributed by atoms with E-state index in [9.17, 15) is 9.59 Å². The summed E-state index contributed by atoms with van der Waals surface area (Å²) in [6.07, 6.45) is 3.11. The van der Waals surface area contributed by atoms with Crippen molar-refractivity contribution in [3.05, 3.63) is 59.4 Å². The summed E-state index contributed by atoms with van der Waals surface area (Å²) in [5, 5.41) is 2.77. The van der Waals surface area contributed by atoms with Crippen LogP contribution in [-0.2, 0) is 6.54 Å². The van der Waals surface area contributed by atoms with Crippen LogP contribution < -0.4 is 5.32 Å². The van der Waals surface area contributed by atoms with Gasteiger partial charge in [0.1, 0.15) is 0 Å². The molecule has 1 aliphatic heterocycles. The van der Waals surface area contributed by atoms with Gasteiger partial charge < -0.3 is 10.2 Å². The number of aromatic nitrogens is 1. The van der Waals surface area contributed by atoms with Crippen molar-refractivity contribution in [1.29, 1.82) is 0 Å². The molecule has 2 amide bonds. The lowest BCUT2D eigenvalue weighted by molar-refractivity contribution is 0.0816. The van der Waals surface area contributed by atoms with Gasteiger partial charge in [-0.2, -0.15) is 0 Å². The second-order valence-corrected chi connectivity index (χ2v) is 4.73. The molecule has 0 spiro atoms. The summed E-state index contributed by atoms with van der Waals surface area (Å²) in [5.41, 5.74) is 2.73. The number of amides is 2. The zero-order valence-corrected chi connectivity index (χ0v) is 11.0. The summed E-state index contributed by atoms with van der Waals surface area (Å²) in [5.74, 6) is -0.255. The number of rotatable bonds is 2. The largest absolute Gasteiger partial charge is 0.337 e. The number of anilines is 1. The second kappa shape index (κ2) is 4.77. The van der Waals surface area contributed by atoms with E-state index in [4.69, 9.17) is 0 Å². The van der Waals surface area contributed by atoms with E-state index in [0.717, 1.165) is 5.56 Å². The molecular formula is C15H13N3O2. The molecule has 1 N–H and O–H groups in total. The molecule has 2 heterocycles. The first-order valence-electron chi connectivity index (χ1n) is 6.25. The van der Waals surface area contributed by atoms with Crippen LogP contribution >= 0.6 is 0 Å². The van der Waals surface area contributed by atoms with Gasteiger partial charge in [-0.05, 0) is 29.8 Å². The van der Waals surface area contributed by atoms with Crippen molar-refractivity contribution < 1.29 is 9.59 Å². The van der Waals surface area contributed by atoms with Crippen LogP contribution in [0.5, 0.6) is 0 Å². The zero-order valence-electron chi connectivity index (χ0n) is 11.0. The van der Waals surface area contributed by atoms with Gasteiger partial charge in [-0.25, -0.2) is 0 Å². The second-order valence-electron chi connectivity index (χ2n) is 4.73. The van der Waals surface area contributed by atoms with Crippen molar-refractivity contribution in [2.45, 2.75) is 6.54 Å². The van der Waals surface area contributed by atoms with Crippen molar-refractivity contribution in [1.82, 2.24) is 9.88 Å². The van der Waals surface area contributed by atoms with Gasteiger partial charge in [0.05, 0.1) is 5.56 Å². The molecular weight excluding hydrogens is 254 g/mol. The summed E-state index contributed by atoms with van der Waals surface area (Å²) in [6.45, 7) is 0.616. The van der Waals surface area contributed by atoms with Gasteiger partial charge in [-0.3, -0.25) is 14.6 Å². The van der Waals surface area contributed by atoms with E-state index in [1.165, 1.54) is 6.20 Å². The molecule has 5 nitrogen and oxygen atoms in total. The minimum Gasteiger partial charge on any atom is -0.337 e. The predicted octanol–water partition coefficient (Wildman–Crippen LogP) is 1.92. The minimum absolute atomic E-state index is 0.0162. The molecule has 5 heteroatoms. The van der Waals surface area contributed by atoms with E-state index >= 15 is 0 Å². The summed E-state index contributed by atoms with van der Waals surface area (Å²) in [7, 11) is 1.76. The van der Waals surface area contributed by atoms with Crippen LogP contribution in [0.25, 0.3) is 0 Å². The number of carbonyl (C=O) groups is 2. The summed E-state index contributed by atoms with van der Waals surface area (Å²) in [6, 6.07) is 8.79. The van der Waals surface area contributed by atoms with Crippen LogP contribution in [0, 0.1) is 0 Å². The van der Waals surface area contributed by atoms with Crippen LogP contribution in [0.15, 0.2) is 42.7 Å².